The molecule has 0 aromatic carbocycles. The van der Waals surface area contributed by atoms with Gasteiger partial charge in [-0.1, -0.05) is 0 Å². The molecule has 9 nitrogen and oxygen atoms in total. The van der Waals surface area contributed by atoms with E-state index in [4.69, 9.17) is 9.47 Å². The minimum Gasteiger partial charge on any atom is -0.450 e. The number of hydrogen-bond acceptors (Lipinski definition) is 8. The lowest BCUT2D eigenvalue weighted by Gasteiger charge is -2.46. The number of nitrogens with zero attached hydrogens (tertiary/aromatic N) is 6. The third kappa shape index (κ3) is 3.95. The number of hydrogen-bond donors (Lipinski definition) is 0. The SMILES string of the molecule is CCOC(=O)N1CC2(CC(N3CCN(c4ncccc4-c4cnccn4)CC3)CO2)C1. The standard InChI is InChI=1S/C22H28N6O3/c1-2-30-21(29)28-15-22(16-28)12-17(14-31-22)26-8-10-27(11-9-26)20-18(4-3-5-25-20)19-13-23-6-7-24-19/h3-7,13,17H,2,8-12,14-16H2,1H3. The second-order valence-corrected chi connectivity index (χ2v) is 8.40. The van der Waals surface area contributed by atoms with Gasteiger partial charge in [-0.2, -0.15) is 0 Å². The average molecular weight is 425 g/mol. The van der Waals surface area contributed by atoms with Gasteiger partial charge in [-0.3, -0.25) is 14.9 Å². The van der Waals surface area contributed by atoms with E-state index in [9.17, 15) is 4.79 Å². The summed E-state index contributed by atoms with van der Waals surface area (Å²) >= 11 is 0. The molecule has 0 radical (unpaired) electrons. The second-order valence-electron chi connectivity index (χ2n) is 8.40. The van der Waals surface area contributed by atoms with Crippen molar-refractivity contribution in [1.82, 2.24) is 24.8 Å². The normalized spacial score (nSPS) is 23.1. The number of pyridine rings is 1. The maximum atomic E-state index is 11.9. The molecule has 2 aromatic rings. The van der Waals surface area contributed by atoms with Crippen molar-refractivity contribution in [2.75, 3.05) is 57.4 Å². The van der Waals surface area contributed by atoms with Crippen molar-refractivity contribution in [3.63, 3.8) is 0 Å². The quantitative estimate of drug-likeness (QED) is 0.733. The summed E-state index contributed by atoms with van der Waals surface area (Å²) < 4.78 is 11.2. The monoisotopic (exact) mass is 424 g/mol. The number of amides is 1. The molecule has 3 saturated heterocycles. The highest BCUT2D eigenvalue weighted by Gasteiger charge is 2.52. The molecule has 3 aliphatic rings. The minimum atomic E-state index is -0.233. The van der Waals surface area contributed by atoms with Crippen LogP contribution in [0.25, 0.3) is 11.3 Å². The van der Waals surface area contributed by atoms with Gasteiger partial charge in [-0.05, 0) is 25.5 Å². The number of rotatable bonds is 4. The molecule has 3 aliphatic heterocycles. The Morgan fingerprint density at radius 3 is 2.77 bits per heavy atom. The van der Waals surface area contributed by atoms with Gasteiger partial charge in [0.2, 0.25) is 0 Å². The van der Waals surface area contributed by atoms with Crippen LogP contribution in [-0.4, -0.2) is 95.0 Å². The lowest BCUT2D eigenvalue weighted by atomic mass is 9.89. The van der Waals surface area contributed by atoms with Crippen molar-refractivity contribution in [2.24, 2.45) is 0 Å². The Morgan fingerprint density at radius 1 is 1.19 bits per heavy atom. The minimum absolute atomic E-state index is 0.186. The molecule has 9 heteroatoms. The Balaban J connectivity index is 1.18. The summed E-state index contributed by atoms with van der Waals surface area (Å²) in [5.41, 5.74) is 1.67. The van der Waals surface area contributed by atoms with Crippen LogP contribution in [0.3, 0.4) is 0 Å². The lowest BCUT2D eigenvalue weighted by molar-refractivity contribution is -0.101. The first kappa shape index (κ1) is 20.1. The summed E-state index contributed by atoms with van der Waals surface area (Å²) in [5.74, 6) is 0.964. The largest absolute Gasteiger partial charge is 0.450 e. The summed E-state index contributed by atoms with van der Waals surface area (Å²) in [6.07, 6.45) is 7.75. The summed E-state index contributed by atoms with van der Waals surface area (Å²) in [6, 6.07) is 4.39. The third-order valence-corrected chi connectivity index (χ3v) is 6.43. The number of carbonyl (C=O) groups is 1. The van der Waals surface area contributed by atoms with Crippen molar-refractivity contribution < 1.29 is 14.3 Å². The van der Waals surface area contributed by atoms with E-state index >= 15 is 0 Å². The summed E-state index contributed by atoms with van der Waals surface area (Å²) in [5, 5.41) is 0. The number of ether oxygens (including phenoxy) is 2. The van der Waals surface area contributed by atoms with E-state index in [0.29, 0.717) is 25.7 Å². The molecule has 31 heavy (non-hydrogen) atoms. The van der Waals surface area contributed by atoms with Gasteiger partial charge in [0.1, 0.15) is 11.4 Å². The molecule has 3 fully saturated rings. The zero-order valence-corrected chi connectivity index (χ0v) is 17.8. The average Bonchev–Trinajstić information content (AvgIpc) is 3.25. The van der Waals surface area contributed by atoms with Crippen LogP contribution in [0.5, 0.6) is 0 Å². The molecule has 2 aromatic heterocycles. The van der Waals surface area contributed by atoms with Gasteiger partial charge in [0.15, 0.2) is 0 Å². The van der Waals surface area contributed by atoms with Crippen molar-refractivity contribution in [3.05, 3.63) is 36.9 Å². The second kappa shape index (κ2) is 8.39. The molecule has 0 N–H and O–H groups in total. The highest BCUT2D eigenvalue weighted by atomic mass is 16.6. The van der Waals surface area contributed by atoms with E-state index < -0.39 is 0 Å². The summed E-state index contributed by atoms with van der Waals surface area (Å²) in [4.78, 5) is 31.8. The van der Waals surface area contributed by atoms with Crippen LogP contribution >= 0.6 is 0 Å². The number of piperazine rings is 1. The van der Waals surface area contributed by atoms with Gasteiger partial charge in [-0.15, -0.1) is 0 Å². The van der Waals surface area contributed by atoms with Crippen LogP contribution in [0.1, 0.15) is 13.3 Å². The molecule has 5 heterocycles. The molecule has 164 valence electrons. The smallest absolute Gasteiger partial charge is 0.409 e. The molecule has 0 saturated carbocycles. The van der Waals surface area contributed by atoms with Gasteiger partial charge < -0.3 is 19.3 Å². The molecule has 1 spiro atoms. The maximum absolute atomic E-state index is 11.9. The summed E-state index contributed by atoms with van der Waals surface area (Å²) in [6.45, 7) is 7.97. The van der Waals surface area contributed by atoms with Crippen LogP contribution in [0.4, 0.5) is 10.6 Å². The Labute approximate surface area is 182 Å². The Hall–Kier alpha value is -2.78. The van der Waals surface area contributed by atoms with Crippen molar-refractivity contribution in [1.29, 1.82) is 0 Å². The molecule has 0 aliphatic carbocycles. The number of likely N-dealkylation sites (tertiary alicyclic amines) is 1. The number of anilines is 1. The molecule has 0 bridgehead atoms. The Morgan fingerprint density at radius 2 is 2.03 bits per heavy atom. The van der Waals surface area contributed by atoms with Crippen molar-refractivity contribution in [2.45, 2.75) is 25.0 Å². The summed E-state index contributed by atoms with van der Waals surface area (Å²) in [7, 11) is 0. The molecule has 5 rings (SSSR count). The van der Waals surface area contributed by atoms with Crippen LogP contribution in [0.15, 0.2) is 36.9 Å². The molecular formula is C22H28N6O3. The van der Waals surface area contributed by atoms with Gasteiger partial charge in [0.05, 0.1) is 38.2 Å². The first-order chi connectivity index (χ1) is 15.2. The van der Waals surface area contributed by atoms with Crippen LogP contribution < -0.4 is 4.90 Å². The Bertz CT molecular complexity index is 912. The molecule has 1 unspecified atom stereocenters. The zero-order chi connectivity index (χ0) is 21.3. The van der Waals surface area contributed by atoms with Crippen LogP contribution in [0.2, 0.25) is 0 Å². The van der Waals surface area contributed by atoms with Gasteiger partial charge in [0, 0.05) is 56.4 Å². The first-order valence-electron chi connectivity index (χ1n) is 10.9. The fourth-order valence-electron chi connectivity index (χ4n) is 4.85. The Kier molecular flexibility index (Phi) is 5.45. The topological polar surface area (TPSA) is 83.9 Å². The van der Waals surface area contributed by atoms with E-state index in [1.807, 2.05) is 19.2 Å². The predicted octanol–water partition coefficient (Wildman–Crippen LogP) is 1.66. The van der Waals surface area contributed by atoms with E-state index in [2.05, 4.69) is 30.8 Å². The van der Waals surface area contributed by atoms with Crippen molar-refractivity contribution >= 4 is 11.9 Å². The molecular weight excluding hydrogens is 396 g/mol. The number of aromatic nitrogens is 3. The molecule has 1 atom stereocenters. The van der Waals surface area contributed by atoms with Gasteiger partial charge in [-0.25, -0.2) is 9.78 Å². The zero-order valence-electron chi connectivity index (χ0n) is 17.8. The third-order valence-electron chi connectivity index (χ3n) is 6.43. The number of carbonyl (C=O) groups excluding carboxylic acids is 1. The van der Waals surface area contributed by atoms with E-state index in [1.54, 1.807) is 23.5 Å². The van der Waals surface area contributed by atoms with E-state index in [0.717, 1.165) is 56.3 Å². The predicted molar refractivity (Wildman–Crippen MR) is 115 cm³/mol. The fourth-order valence-corrected chi connectivity index (χ4v) is 4.85. The van der Waals surface area contributed by atoms with E-state index in [1.165, 1.54) is 0 Å². The van der Waals surface area contributed by atoms with Gasteiger partial charge in [0.25, 0.3) is 0 Å². The van der Waals surface area contributed by atoms with Crippen LogP contribution in [-0.2, 0) is 9.47 Å². The van der Waals surface area contributed by atoms with Crippen LogP contribution in [0, 0.1) is 0 Å². The highest BCUT2D eigenvalue weighted by molar-refractivity contribution is 5.72. The maximum Gasteiger partial charge on any atom is 0.409 e. The fraction of sp³-hybridized carbons (Fsp3) is 0.545. The highest BCUT2D eigenvalue weighted by Crippen LogP contribution is 2.37. The first-order valence-corrected chi connectivity index (χ1v) is 10.9. The lowest BCUT2D eigenvalue weighted by Crippen LogP contribution is -2.63. The van der Waals surface area contributed by atoms with Crippen molar-refractivity contribution in [3.8, 4) is 11.3 Å². The van der Waals surface area contributed by atoms with Gasteiger partial charge >= 0.3 is 6.09 Å². The van der Waals surface area contributed by atoms with E-state index in [-0.39, 0.29) is 11.7 Å². The molecule has 1 amide bonds.